The number of fused-ring (bicyclic) bond motifs is 3. The maximum Gasteiger partial charge on any atom is 0.219 e. The maximum atomic E-state index is 6.54. The van der Waals surface area contributed by atoms with E-state index < -0.39 is 0 Å². The first-order valence-electron chi connectivity index (χ1n) is 12.9. The van der Waals surface area contributed by atoms with E-state index in [0.29, 0.717) is 11.6 Å². The zero-order valence-electron chi connectivity index (χ0n) is 21.4. The lowest BCUT2D eigenvalue weighted by atomic mass is 10.1. The van der Waals surface area contributed by atoms with Gasteiger partial charge in [0.2, 0.25) is 5.88 Å². The molecule has 6 heteroatoms. The molecule has 6 nitrogen and oxygen atoms in total. The monoisotopic (exact) mass is 510 g/mol. The molecule has 3 heterocycles. The van der Waals surface area contributed by atoms with E-state index >= 15 is 0 Å². The van der Waals surface area contributed by atoms with Gasteiger partial charge in [-0.05, 0) is 48.5 Å². The second kappa shape index (κ2) is 9.58. The minimum absolute atomic E-state index is 0.549. The van der Waals surface area contributed by atoms with Gasteiger partial charge in [-0.1, -0.05) is 48.5 Å². The highest BCUT2D eigenvalue weighted by Gasteiger charge is 2.23. The molecule has 2 aromatic heterocycles. The van der Waals surface area contributed by atoms with Crippen LogP contribution in [0.25, 0.3) is 21.9 Å². The van der Waals surface area contributed by atoms with Gasteiger partial charge in [-0.15, -0.1) is 0 Å². The zero-order chi connectivity index (χ0) is 26.2. The van der Waals surface area contributed by atoms with Crippen LogP contribution in [0.15, 0.2) is 132 Å². The SMILES string of the molecule is CN1C=CN(c2cc(N(c3ccccc3)c3cccc(Oc4ccccn4)c3)c3oc4ccccc4c3c2)C1. The fourth-order valence-corrected chi connectivity index (χ4v) is 5.04. The first kappa shape index (κ1) is 22.9. The van der Waals surface area contributed by atoms with Gasteiger partial charge in [0, 0.05) is 65.6 Å². The Morgan fingerprint density at radius 2 is 1.59 bits per heavy atom. The lowest BCUT2D eigenvalue weighted by Gasteiger charge is -2.27. The summed E-state index contributed by atoms with van der Waals surface area (Å²) in [5.41, 5.74) is 5.69. The van der Waals surface area contributed by atoms with Crippen LogP contribution in [-0.2, 0) is 0 Å². The van der Waals surface area contributed by atoms with E-state index in [9.17, 15) is 0 Å². The molecule has 0 saturated heterocycles. The molecule has 0 unspecified atom stereocenters. The van der Waals surface area contributed by atoms with Gasteiger partial charge in [-0.3, -0.25) is 0 Å². The molecule has 0 radical (unpaired) electrons. The summed E-state index contributed by atoms with van der Waals surface area (Å²) in [4.78, 5) is 11.0. The van der Waals surface area contributed by atoms with E-state index in [0.717, 1.165) is 51.4 Å². The van der Waals surface area contributed by atoms with Crippen LogP contribution < -0.4 is 14.5 Å². The van der Waals surface area contributed by atoms with Gasteiger partial charge in [0.05, 0.1) is 12.4 Å². The fraction of sp³-hybridized carbons (Fsp3) is 0.0606. The molecular formula is C33H26N4O2. The number of benzene rings is 4. The number of nitrogens with zero attached hydrogens (tertiary/aromatic N) is 4. The Kier molecular flexibility index (Phi) is 5.63. The van der Waals surface area contributed by atoms with Gasteiger partial charge in [0.15, 0.2) is 5.58 Å². The van der Waals surface area contributed by atoms with Crippen molar-refractivity contribution in [1.29, 1.82) is 0 Å². The van der Waals surface area contributed by atoms with Crippen LogP contribution in [0.1, 0.15) is 0 Å². The molecule has 0 spiro atoms. The Hall–Kier alpha value is -5.23. The van der Waals surface area contributed by atoms with Crippen molar-refractivity contribution in [3.05, 3.63) is 128 Å². The Bertz CT molecular complexity index is 1800. The molecule has 39 heavy (non-hydrogen) atoms. The van der Waals surface area contributed by atoms with Crippen LogP contribution in [0, 0.1) is 0 Å². The van der Waals surface area contributed by atoms with Crippen molar-refractivity contribution in [3.63, 3.8) is 0 Å². The zero-order valence-corrected chi connectivity index (χ0v) is 21.4. The van der Waals surface area contributed by atoms with Crippen LogP contribution in [0.4, 0.5) is 22.7 Å². The molecule has 0 fully saturated rings. The first-order chi connectivity index (χ1) is 19.2. The fourth-order valence-electron chi connectivity index (χ4n) is 5.04. The lowest BCUT2D eigenvalue weighted by molar-refractivity contribution is 0.463. The van der Waals surface area contributed by atoms with Crippen LogP contribution in [-0.4, -0.2) is 23.6 Å². The number of aromatic nitrogens is 1. The van der Waals surface area contributed by atoms with Crippen molar-refractivity contribution in [2.75, 3.05) is 23.5 Å². The minimum atomic E-state index is 0.549. The van der Waals surface area contributed by atoms with Crippen LogP contribution in [0.3, 0.4) is 0 Å². The van der Waals surface area contributed by atoms with E-state index in [1.54, 1.807) is 6.20 Å². The number of anilines is 4. The minimum Gasteiger partial charge on any atom is -0.454 e. The largest absolute Gasteiger partial charge is 0.454 e. The molecule has 0 N–H and O–H groups in total. The van der Waals surface area contributed by atoms with E-state index in [-0.39, 0.29) is 0 Å². The Morgan fingerprint density at radius 1 is 0.769 bits per heavy atom. The smallest absolute Gasteiger partial charge is 0.219 e. The van der Waals surface area contributed by atoms with Gasteiger partial charge >= 0.3 is 0 Å². The Labute approximate surface area is 226 Å². The molecule has 1 aliphatic heterocycles. The topological polar surface area (TPSA) is 45.0 Å². The highest BCUT2D eigenvalue weighted by molar-refractivity contribution is 6.11. The lowest BCUT2D eigenvalue weighted by Crippen LogP contribution is -2.22. The third-order valence-electron chi connectivity index (χ3n) is 6.84. The molecule has 190 valence electrons. The second-order valence-electron chi connectivity index (χ2n) is 9.54. The molecule has 1 aliphatic rings. The highest BCUT2D eigenvalue weighted by atomic mass is 16.5. The second-order valence-corrected chi connectivity index (χ2v) is 9.54. The Morgan fingerprint density at radius 3 is 2.41 bits per heavy atom. The summed E-state index contributed by atoms with van der Waals surface area (Å²) in [6, 6.07) is 36.7. The highest BCUT2D eigenvalue weighted by Crippen LogP contribution is 2.45. The number of hydrogen-bond donors (Lipinski definition) is 0. The summed E-state index contributed by atoms with van der Waals surface area (Å²) in [7, 11) is 2.08. The van der Waals surface area contributed by atoms with Gasteiger partial charge in [0.25, 0.3) is 0 Å². The summed E-state index contributed by atoms with van der Waals surface area (Å²) < 4.78 is 12.7. The van der Waals surface area contributed by atoms with E-state index in [1.165, 1.54) is 0 Å². The number of rotatable bonds is 6. The number of furan rings is 1. The molecule has 0 atom stereocenters. The third kappa shape index (κ3) is 4.32. The summed E-state index contributed by atoms with van der Waals surface area (Å²) >= 11 is 0. The van der Waals surface area contributed by atoms with Crippen molar-refractivity contribution < 1.29 is 9.15 Å². The van der Waals surface area contributed by atoms with Gasteiger partial charge in [-0.2, -0.15) is 0 Å². The average molecular weight is 511 g/mol. The molecule has 7 rings (SSSR count). The number of para-hydroxylation sites is 2. The van der Waals surface area contributed by atoms with Gasteiger partial charge < -0.3 is 23.9 Å². The van der Waals surface area contributed by atoms with Crippen molar-refractivity contribution in [2.45, 2.75) is 0 Å². The molecular weight excluding hydrogens is 484 g/mol. The van der Waals surface area contributed by atoms with Crippen molar-refractivity contribution in [1.82, 2.24) is 9.88 Å². The first-order valence-corrected chi connectivity index (χ1v) is 12.9. The van der Waals surface area contributed by atoms with E-state index in [1.807, 2.05) is 54.6 Å². The predicted molar refractivity (Wildman–Crippen MR) is 157 cm³/mol. The number of ether oxygens (including phenoxy) is 1. The van der Waals surface area contributed by atoms with E-state index in [2.05, 4.69) is 93.7 Å². The quantitative estimate of drug-likeness (QED) is 0.224. The standard InChI is InChI=1S/C33H26N4O2/c1-35-18-19-36(23-35)26-21-29-28-14-5-6-15-31(28)39-33(29)30(22-26)37(24-10-3-2-4-11-24)25-12-9-13-27(20-25)38-32-16-7-8-17-34-32/h2-22H,23H2,1H3. The normalized spacial score (nSPS) is 12.9. The summed E-state index contributed by atoms with van der Waals surface area (Å²) in [5.74, 6) is 1.25. The van der Waals surface area contributed by atoms with Gasteiger partial charge in [-0.25, -0.2) is 4.98 Å². The maximum absolute atomic E-state index is 6.54. The van der Waals surface area contributed by atoms with Crippen LogP contribution in [0.5, 0.6) is 11.6 Å². The molecule has 0 aliphatic carbocycles. The van der Waals surface area contributed by atoms with Crippen molar-refractivity contribution in [2.24, 2.45) is 0 Å². The van der Waals surface area contributed by atoms with Gasteiger partial charge in [0.1, 0.15) is 11.3 Å². The molecule has 4 aromatic carbocycles. The summed E-state index contributed by atoms with van der Waals surface area (Å²) in [6.07, 6.45) is 5.93. The number of hydrogen-bond acceptors (Lipinski definition) is 6. The molecule has 0 bridgehead atoms. The third-order valence-corrected chi connectivity index (χ3v) is 6.84. The molecule has 0 saturated carbocycles. The van der Waals surface area contributed by atoms with E-state index in [4.69, 9.17) is 9.15 Å². The van der Waals surface area contributed by atoms with Crippen molar-refractivity contribution >= 4 is 44.7 Å². The Balaban J connectivity index is 1.44. The van der Waals surface area contributed by atoms with Crippen molar-refractivity contribution in [3.8, 4) is 11.6 Å². The predicted octanol–water partition coefficient (Wildman–Crippen LogP) is 8.42. The summed E-state index contributed by atoms with van der Waals surface area (Å²) in [5, 5.41) is 2.16. The van der Waals surface area contributed by atoms with Crippen LogP contribution >= 0.6 is 0 Å². The summed E-state index contributed by atoms with van der Waals surface area (Å²) in [6.45, 7) is 0.777. The van der Waals surface area contributed by atoms with Crippen LogP contribution in [0.2, 0.25) is 0 Å². The molecule has 6 aromatic rings. The average Bonchev–Trinajstić information content (AvgIpc) is 3.58. The molecule has 0 amide bonds. The number of pyridine rings is 1.